The molecular weight excluding hydrogens is 180 g/mol. The molecule has 0 unspecified atom stereocenters. The molecule has 4 heteroatoms. The molecule has 0 aromatic carbocycles. The van der Waals surface area contributed by atoms with Gasteiger partial charge in [-0.3, -0.25) is 4.79 Å². The van der Waals surface area contributed by atoms with Crippen LogP contribution in [0.5, 0.6) is 0 Å². The summed E-state index contributed by atoms with van der Waals surface area (Å²) in [6.07, 6.45) is 0.0602. The lowest BCUT2D eigenvalue weighted by molar-refractivity contribution is -0.144. The number of hydrogen-bond acceptors (Lipinski definition) is 4. The van der Waals surface area contributed by atoms with Crippen molar-refractivity contribution in [1.29, 1.82) is 0 Å². The van der Waals surface area contributed by atoms with Crippen molar-refractivity contribution in [2.75, 3.05) is 11.5 Å². The van der Waals surface area contributed by atoms with E-state index in [2.05, 4.69) is 0 Å². The predicted molar refractivity (Wildman–Crippen MR) is 49.9 cm³/mol. The number of thioether (sulfide) groups is 2. The lowest BCUT2D eigenvalue weighted by Gasteiger charge is -2.16. The normalized spacial score (nSPS) is 21.6. The monoisotopic (exact) mass is 192 g/mol. The second kappa shape index (κ2) is 4.26. The molecular formula is C7H12O2S2. The van der Waals surface area contributed by atoms with Crippen LogP contribution in [-0.4, -0.2) is 28.2 Å². The molecule has 1 heterocycles. The third-order valence-electron chi connectivity index (χ3n) is 1.38. The predicted octanol–water partition coefficient (Wildman–Crippen LogP) is 1.74. The summed E-state index contributed by atoms with van der Waals surface area (Å²) in [5.41, 5.74) is 0. The Kier molecular flexibility index (Phi) is 3.59. The zero-order valence-electron chi connectivity index (χ0n) is 6.70. The summed E-state index contributed by atoms with van der Waals surface area (Å²) in [4.78, 5) is 10.6. The number of carbonyl (C=O) groups is 1. The third-order valence-corrected chi connectivity index (χ3v) is 4.76. The van der Waals surface area contributed by atoms with Crippen molar-refractivity contribution < 1.29 is 9.53 Å². The van der Waals surface area contributed by atoms with Crippen LogP contribution in [0.15, 0.2) is 0 Å². The Balaban J connectivity index is 2.28. The van der Waals surface area contributed by atoms with Crippen LogP contribution in [0.4, 0.5) is 0 Å². The van der Waals surface area contributed by atoms with Gasteiger partial charge in [-0.1, -0.05) is 0 Å². The van der Waals surface area contributed by atoms with E-state index in [-0.39, 0.29) is 12.1 Å². The molecule has 1 rings (SSSR count). The highest BCUT2D eigenvalue weighted by Gasteiger charge is 2.24. The molecule has 1 aliphatic rings. The van der Waals surface area contributed by atoms with Gasteiger partial charge in [0, 0.05) is 18.4 Å². The lowest BCUT2D eigenvalue weighted by atomic mass is 10.5. The highest BCUT2D eigenvalue weighted by Crippen LogP contribution is 2.35. The zero-order valence-corrected chi connectivity index (χ0v) is 8.33. The summed E-state index contributed by atoms with van der Waals surface area (Å²) in [5.74, 6) is 2.19. The Morgan fingerprint density at radius 1 is 1.55 bits per heavy atom. The number of carbonyl (C=O) groups excluding carboxylic acids is 1. The van der Waals surface area contributed by atoms with Gasteiger partial charge in [0.1, 0.15) is 6.10 Å². The van der Waals surface area contributed by atoms with E-state index in [1.807, 2.05) is 30.4 Å². The molecule has 0 aromatic heterocycles. The Labute approximate surface area is 75.4 Å². The molecule has 0 saturated carbocycles. The molecule has 0 aliphatic carbocycles. The van der Waals surface area contributed by atoms with Crippen molar-refractivity contribution in [1.82, 2.24) is 0 Å². The van der Waals surface area contributed by atoms with E-state index in [1.54, 1.807) is 0 Å². The van der Waals surface area contributed by atoms with Gasteiger partial charge in [0.05, 0.1) is 4.58 Å². The fourth-order valence-corrected chi connectivity index (χ4v) is 3.81. The minimum atomic E-state index is -0.175. The smallest absolute Gasteiger partial charge is 0.302 e. The summed E-state index contributed by atoms with van der Waals surface area (Å²) in [5, 5.41) is 0. The molecule has 2 nitrogen and oxygen atoms in total. The van der Waals surface area contributed by atoms with Crippen molar-refractivity contribution in [3.05, 3.63) is 0 Å². The number of hydrogen-bond donors (Lipinski definition) is 0. The minimum absolute atomic E-state index is 0.0602. The number of rotatable bonds is 2. The second-order valence-electron chi connectivity index (χ2n) is 2.42. The van der Waals surface area contributed by atoms with E-state index in [1.165, 1.54) is 18.4 Å². The van der Waals surface area contributed by atoms with Gasteiger partial charge in [-0.15, -0.1) is 23.5 Å². The van der Waals surface area contributed by atoms with Gasteiger partial charge in [-0.05, 0) is 6.92 Å². The van der Waals surface area contributed by atoms with E-state index in [0.29, 0.717) is 4.58 Å². The maximum Gasteiger partial charge on any atom is 0.302 e. The number of ether oxygens (including phenoxy) is 1. The molecule has 0 N–H and O–H groups in total. The summed E-state index contributed by atoms with van der Waals surface area (Å²) in [6, 6.07) is 0. The molecule has 0 radical (unpaired) electrons. The van der Waals surface area contributed by atoms with Crippen LogP contribution in [-0.2, 0) is 9.53 Å². The average Bonchev–Trinajstić information content (AvgIpc) is 2.35. The molecule has 0 spiro atoms. The van der Waals surface area contributed by atoms with Crippen LogP contribution >= 0.6 is 23.5 Å². The van der Waals surface area contributed by atoms with E-state index in [9.17, 15) is 4.79 Å². The minimum Gasteiger partial charge on any atom is -0.461 e. The van der Waals surface area contributed by atoms with Gasteiger partial charge in [-0.2, -0.15) is 0 Å². The van der Waals surface area contributed by atoms with Gasteiger partial charge in [0.25, 0.3) is 0 Å². The van der Waals surface area contributed by atoms with Gasteiger partial charge >= 0.3 is 5.97 Å². The van der Waals surface area contributed by atoms with Crippen molar-refractivity contribution in [2.45, 2.75) is 24.5 Å². The van der Waals surface area contributed by atoms with Crippen LogP contribution in [0.3, 0.4) is 0 Å². The second-order valence-corrected chi connectivity index (χ2v) is 5.22. The first kappa shape index (κ1) is 9.26. The largest absolute Gasteiger partial charge is 0.461 e. The fourth-order valence-electron chi connectivity index (χ4n) is 0.965. The lowest BCUT2D eigenvalue weighted by Crippen LogP contribution is -2.20. The molecule has 1 atom stereocenters. The SMILES string of the molecule is CC(=O)O[C@@H](C)C1SCCS1. The van der Waals surface area contributed by atoms with Crippen molar-refractivity contribution >= 4 is 29.5 Å². The summed E-state index contributed by atoms with van der Waals surface area (Å²) in [7, 11) is 0. The molecule has 11 heavy (non-hydrogen) atoms. The first-order valence-corrected chi connectivity index (χ1v) is 5.70. The third kappa shape index (κ3) is 2.95. The van der Waals surface area contributed by atoms with Crippen LogP contribution in [0.1, 0.15) is 13.8 Å². The molecule has 0 amide bonds. The van der Waals surface area contributed by atoms with Crippen LogP contribution in [0.25, 0.3) is 0 Å². The highest BCUT2D eigenvalue weighted by molar-refractivity contribution is 8.20. The van der Waals surface area contributed by atoms with Gasteiger partial charge in [-0.25, -0.2) is 0 Å². The topological polar surface area (TPSA) is 26.3 Å². The Hall–Kier alpha value is 0.170. The fraction of sp³-hybridized carbons (Fsp3) is 0.857. The van der Waals surface area contributed by atoms with Crippen LogP contribution in [0, 0.1) is 0 Å². The van der Waals surface area contributed by atoms with Crippen LogP contribution < -0.4 is 0 Å². The molecule has 64 valence electrons. The first-order chi connectivity index (χ1) is 5.20. The zero-order chi connectivity index (χ0) is 8.27. The standard InChI is InChI=1S/C7H12O2S2/c1-5(9-6(2)8)7-10-3-4-11-7/h5,7H,3-4H2,1-2H3/t5-/m0/s1. The van der Waals surface area contributed by atoms with Crippen LogP contribution in [0.2, 0.25) is 0 Å². The quantitative estimate of drug-likeness (QED) is 0.623. The van der Waals surface area contributed by atoms with Gasteiger partial charge in [0.2, 0.25) is 0 Å². The molecule has 1 fully saturated rings. The molecule has 1 aliphatic heterocycles. The van der Waals surface area contributed by atoms with Crippen molar-refractivity contribution in [3.63, 3.8) is 0 Å². The maximum atomic E-state index is 10.6. The van der Waals surface area contributed by atoms with E-state index in [0.717, 1.165) is 0 Å². The van der Waals surface area contributed by atoms with E-state index < -0.39 is 0 Å². The molecule has 1 saturated heterocycles. The summed E-state index contributed by atoms with van der Waals surface area (Å²) < 4.78 is 5.51. The van der Waals surface area contributed by atoms with E-state index >= 15 is 0 Å². The Bertz CT molecular complexity index is 143. The van der Waals surface area contributed by atoms with Crippen molar-refractivity contribution in [2.24, 2.45) is 0 Å². The highest BCUT2D eigenvalue weighted by atomic mass is 32.2. The summed E-state index contributed by atoms with van der Waals surface area (Å²) in [6.45, 7) is 3.41. The number of esters is 1. The van der Waals surface area contributed by atoms with Crippen molar-refractivity contribution in [3.8, 4) is 0 Å². The average molecular weight is 192 g/mol. The Morgan fingerprint density at radius 2 is 2.09 bits per heavy atom. The van der Waals surface area contributed by atoms with Gasteiger partial charge in [0.15, 0.2) is 0 Å². The maximum absolute atomic E-state index is 10.6. The van der Waals surface area contributed by atoms with E-state index in [4.69, 9.17) is 4.74 Å². The van der Waals surface area contributed by atoms with Gasteiger partial charge < -0.3 is 4.74 Å². The first-order valence-electron chi connectivity index (χ1n) is 3.60. The summed E-state index contributed by atoms with van der Waals surface area (Å²) >= 11 is 3.76. The molecule has 0 aromatic rings. The Morgan fingerprint density at radius 3 is 2.55 bits per heavy atom. The molecule has 0 bridgehead atoms.